The molecule has 0 bridgehead atoms. The molecule has 6 heteroatoms. The molecule has 1 heterocycles. The highest BCUT2D eigenvalue weighted by atomic mass is 35.5. The zero-order valence-corrected chi connectivity index (χ0v) is 16.0. The van der Waals surface area contributed by atoms with Gasteiger partial charge in [-0.2, -0.15) is 0 Å². The Bertz CT molecular complexity index is 420. The van der Waals surface area contributed by atoms with Crippen LogP contribution in [0.1, 0.15) is 65.2 Å². The van der Waals surface area contributed by atoms with Gasteiger partial charge in [-0.25, -0.2) is 0 Å². The number of carbonyl (C=O) groups is 2. The Hall–Kier alpha value is -0.810. The van der Waals surface area contributed by atoms with Crippen LogP contribution in [0.3, 0.4) is 0 Å². The predicted octanol–water partition coefficient (Wildman–Crippen LogP) is 2.47. The van der Waals surface area contributed by atoms with Crippen molar-refractivity contribution < 1.29 is 9.59 Å². The number of piperidine rings is 1. The maximum Gasteiger partial charge on any atom is 0.241 e. The summed E-state index contributed by atoms with van der Waals surface area (Å²) >= 11 is 0. The summed E-state index contributed by atoms with van der Waals surface area (Å²) in [5.41, 5.74) is 6.15. The average Bonchev–Trinajstić information content (AvgIpc) is 2.76. The molecular formula is C18H34ClN3O2. The van der Waals surface area contributed by atoms with Crippen molar-refractivity contribution in [2.75, 3.05) is 19.6 Å². The summed E-state index contributed by atoms with van der Waals surface area (Å²) in [6.45, 7) is 5.60. The molecule has 2 fully saturated rings. The van der Waals surface area contributed by atoms with Gasteiger partial charge in [-0.1, -0.05) is 39.5 Å². The zero-order valence-electron chi connectivity index (χ0n) is 15.2. The van der Waals surface area contributed by atoms with E-state index in [0.717, 1.165) is 19.5 Å². The highest BCUT2D eigenvalue weighted by Gasteiger charge is 2.37. The molecule has 2 rings (SSSR count). The summed E-state index contributed by atoms with van der Waals surface area (Å²) in [7, 11) is 0. The fraction of sp³-hybridized carbons (Fsp3) is 0.889. The van der Waals surface area contributed by atoms with E-state index in [1.165, 1.54) is 44.9 Å². The Morgan fingerprint density at radius 3 is 2.25 bits per heavy atom. The minimum Gasteiger partial charge on any atom is -0.346 e. The van der Waals surface area contributed by atoms with Crippen molar-refractivity contribution in [3.8, 4) is 0 Å². The van der Waals surface area contributed by atoms with Gasteiger partial charge in [0.1, 0.15) is 0 Å². The number of halogens is 1. The van der Waals surface area contributed by atoms with Crippen LogP contribution in [0, 0.1) is 11.3 Å². The number of likely N-dealkylation sites (tertiary alicyclic amines) is 1. The molecule has 1 saturated heterocycles. The summed E-state index contributed by atoms with van der Waals surface area (Å²) in [5, 5.41) is 2.71. The molecule has 0 aromatic rings. The summed E-state index contributed by atoms with van der Waals surface area (Å²) in [4.78, 5) is 26.4. The van der Waals surface area contributed by atoms with Gasteiger partial charge in [-0.15, -0.1) is 12.4 Å². The smallest absolute Gasteiger partial charge is 0.241 e. The van der Waals surface area contributed by atoms with Crippen LogP contribution in [-0.4, -0.2) is 42.4 Å². The quantitative estimate of drug-likeness (QED) is 0.809. The highest BCUT2D eigenvalue weighted by Crippen LogP contribution is 2.42. The Balaban J connectivity index is 0.00000288. The maximum atomic E-state index is 12.5. The van der Waals surface area contributed by atoms with Crippen LogP contribution in [0.5, 0.6) is 0 Å². The molecule has 1 atom stereocenters. The fourth-order valence-electron chi connectivity index (χ4n) is 4.00. The molecule has 0 unspecified atom stereocenters. The fourth-order valence-corrected chi connectivity index (χ4v) is 4.00. The van der Waals surface area contributed by atoms with Gasteiger partial charge in [0.25, 0.3) is 0 Å². The number of nitrogens with one attached hydrogen (secondary N) is 1. The maximum absolute atomic E-state index is 12.5. The van der Waals surface area contributed by atoms with E-state index in [1.807, 2.05) is 18.7 Å². The Morgan fingerprint density at radius 1 is 1.08 bits per heavy atom. The number of carbonyl (C=O) groups excluding carboxylic acids is 2. The third-order valence-electron chi connectivity index (χ3n) is 5.61. The third-order valence-corrected chi connectivity index (χ3v) is 5.61. The van der Waals surface area contributed by atoms with E-state index in [2.05, 4.69) is 5.32 Å². The topological polar surface area (TPSA) is 75.4 Å². The van der Waals surface area contributed by atoms with Crippen molar-refractivity contribution in [2.45, 2.75) is 71.3 Å². The van der Waals surface area contributed by atoms with Crippen LogP contribution < -0.4 is 11.1 Å². The molecule has 2 amide bonds. The molecule has 140 valence electrons. The lowest BCUT2D eigenvalue weighted by Crippen LogP contribution is -2.51. The number of hydrogen-bond donors (Lipinski definition) is 2. The van der Waals surface area contributed by atoms with E-state index >= 15 is 0 Å². The molecule has 1 spiro atoms. The van der Waals surface area contributed by atoms with Crippen molar-refractivity contribution in [1.29, 1.82) is 0 Å². The number of hydrogen-bond acceptors (Lipinski definition) is 3. The Morgan fingerprint density at radius 2 is 1.67 bits per heavy atom. The number of amides is 2. The van der Waals surface area contributed by atoms with E-state index in [0.29, 0.717) is 5.41 Å². The van der Waals surface area contributed by atoms with Crippen LogP contribution in [0.4, 0.5) is 0 Å². The molecule has 1 aliphatic heterocycles. The summed E-state index contributed by atoms with van der Waals surface area (Å²) < 4.78 is 0. The van der Waals surface area contributed by atoms with E-state index < -0.39 is 6.04 Å². The van der Waals surface area contributed by atoms with Gasteiger partial charge in [0.2, 0.25) is 11.8 Å². The minimum atomic E-state index is -0.544. The second kappa shape index (κ2) is 9.62. The first-order valence-corrected chi connectivity index (χ1v) is 9.25. The number of nitrogens with zero attached hydrogens (tertiary/aromatic N) is 1. The second-order valence-electron chi connectivity index (χ2n) is 7.82. The van der Waals surface area contributed by atoms with Gasteiger partial charge < -0.3 is 16.0 Å². The summed E-state index contributed by atoms with van der Waals surface area (Å²) in [6, 6.07) is -0.544. The Labute approximate surface area is 152 Å². The normalized spacial score (nSPS) is 21.8. The lowest BCUT2D eigenvalue weighted by Gasteiger charge is -2.43. The molecule has 0 radical (unpaired) electrons. The molecule has 5 nitrogen and oxygen atoms in total. The van der Waals surface area contributed by atoms with Crippen molar-refractivity contribution in [2.24, 2.45) is 17.1 Å². The van der Waals surface area contributed by atoms with Crippen LogP contribution in [0.15, 0.2) is 0 Å². The van der Waals surface area contributed by atoms with Gasteiger partial charge in [-0.3, -0.25) is 9.59 Å². The molecule has 24 heavy (non-hydrogen) atoms. The Kier molecular flexibility index (Phi) is 8.51. The van der Waals surface area contributed by atoms with E-state index in [1.54, 1.807) is 0 Å². The standard InChI is InChI=1S/C18H33N3O2.ClH/c1-14(2)16(19)17(23)20-12-15(22)21-11-7-10-18(13-21)8-5-3-4-6-9-18;/h14,16H,3-13,19H2,1-2H3,(H,20,23);1H/t16-;/m0./s1. The summed E-state index contributed by atoms with van der Waals surface area (Å²) in [5.74, 6) is -0.110. The highest BCUT2D eigenvalue weighted by molar-refractivity contribution is 5.87. The van der Waals surface area contributed by atoms with Crippen molar-refractivity contribution >= 4 is 24.2 Å². The van der Waals surface area contributed by atoms with Gasteiger partial charge >= 0.3 is 0 Å². The van der Waals surface area contributed by atoms with Crippen molar-refractivity contribution in [1.82, 2.24) is 10.2 Å². The summed E-state index contributed by atoms with van der Waals surface area (Å²) in [6.07, 6.45) is 10.1. The van der Waals surface area contributed by atoms with Crippen LogP contribution in [0.25, 0.3) is 0 Å². The predicted molar refractivity (Wildman–Crippen MR) is 99.0 cm³/mol. The van der Waals surface area contributed by atoms with Gasteiger partial charge in [0.05, 0.1) is 12.6 Å². The first-order chi connectivity index (χ1) is 10.9. The van der Waals surface area contributed by atoms with Gasteiger partial charge in [-0.05, 0) is 37.0 Å². The second-order valence-corrected chi connectivity index (χ2v) is 7.82. The third kappa shape index (κ3) is 5.62. The molecule has 0 aromatic heterocycles. The SMILES string of the molecule is CC(C)[C@H](N)C(=O)NCC(=O)N1CCCC2(CCCCCC2)C1.Cl. The number of rotatable bonds is 4. The molecule has 3 N–H and O–H groups in total. The first kappa shape index (κ1) is 21.2. The molecule has 1 aliphatic carbocycles. The first-order valence-electron chi connectivity index (χ1n) is 9.25. The van der Waals surface area contributed by atoms with Crippen molar-refractivity contribution in [3.63, 3.8) is 0 Å². The van der Waals surface area contributed by atoms with Crippen molar-refractivity contribution in [3.05, 3.63) is 0 Å². The molecule has 1 saturated carbocycles. The van der Waals surface area contributed by atoms with Gasteiger partial charge in [0, 0.05) is 13.1 Å². The van der Waals surface area contributed by atoms with E-state index in [9.17, 15) is 9.59 Å². The van der Waals surface area contributed by atoms with E-state index in [4.69, 9.17) is 5.73 Å². The van der Waals surface area contributed by atoms with Gasteiger partial charge in [0.15, 0.2) is 0 Å². The monoisotopic (exact) mass is 359 g/mol. The largest absolute Gasteiger partial charge is 0.346 e. The van der Waals surface area contributed by atoms with E-state index in [-0.39, 0.29) is 36.7 Å². The zero-order chi connectivity index (χ0) is 16.9. The lowest BCUT2D eigenvalue weighted by atomic mass is 9.74. The minimum absolute atomic E-state index is 0. The van der Waals surface area contributed by atoms with Crippen LogP contribution in [-0.2, 0) is 9.59 Å². The molecular weight excluding hydrogens is 326 g/mol. The molecule has 2 aliphatic rings. The molecule has 0 aromatic carbocycles. The number of nitrogens with two attached hydrogens (primary N) is 1. The van der Waals surface area contributed by atoms with Crippen LogP contribution >= 0.6 is 12.4 Å². The average molecular weight is 360 g/mol. The van der Waals surface area contributed by atoms with Crippen LogP contribution in [0.2, 0.25) is 0 Å². The lowest BCUT2D eigenvalue weighted by molar-refractivity contribution is -0.136.